The van der Waals surface area contributed by atoms with Gasteiger partial charge in [-0.3, -0.25) is 9.59 Å². The van der Waals surface area contributed by atoms with Gasteiger partial charge in [0, 0.05) is 5.75 Å². The van der Waals surface area contributed by atoms with Crippen molar-refractivity contribution in [3.05, 3.63) is 11.6 Å². The number of aliphatic carboxylic acids is 1. The van der Waals surface area contributed by atoms with Crippen LogP contribution in [0.5, 0.6) is 0 Å². The number of aliphatic hydroxyl groups excluding tert-OH is 1. The molecular weight excluding hydrogens is 376 g/mol. The lowest BCUT2D eigenvalue weighted by Crippen LogP contribution is -2.38. The lowest BCUT2D eigenvalue weighted by molar-refractivity contribution is -0.142. The highest BCUT2D eigenvalue weighted by Crippen LogP contribution is 2.38. The number of hydrogen-bond acceptors (Lipinski definition) is 5. The molecule has 1 aliphatic rings. The van der Waals surface area contributed by atoms with E-state index in [1.165, 1.54) is 37.7 Å². The number of carboxylic acid groups (broad SMARTS) is 1. The minimum atomic E-state index is -0.862. The zero-order chi connectivity index (χ0) is 20.8. The molecule has 0 spiro atoms. The highest BCUT2D eigenvalue weighted by molar-refractivity contribution is 8.00. The SMILES string of the molecule is CCCCCCCC/C=C1\CC[C@H](CC(=O)O)[C@H](O)[C@@H]1SCCC(=O)OCC. The molecule has 2 N–H and O–H groups in total. The second-order valence-corrected chi connectivity index (χ2v) is 8.82. The molecule has 5 nitrogen and oxygen atoms in total. The summed E-state index contributed by atoms with van der Waals surface area (Å²) in [7, 11) is 0. The van der Waals surface area contributed by atoms with E-state index in [0.717, 1.165) is 19.3 Å². The fourth-order valence-corrected chi connectivity index (χ4v) is 5.10. The van der Waals surface area contributed by atoms with E-state index in [1.54, 1.807) is 18.7 Å². The molecule has 0 bridgehead atoms. The molecule has 0 aromatic carbocycles. The maximum absolute atomic E-state index is 11.6. The molecule has 162 valence electrons. The number of carboxylic acids is 1. The summed E-state index contributed by atoms with van der Waals surface area (Å²) < 4.78 is 4.97. The van der Waals surface area contributed by atoms with Crippen LogP contribution in [0, 0.1) is 5.92 Å². The zero-order valence-electron chi connectivity index (χ0n) is 17.5. The fourth-order valence-electron chi connectivity index (χ4n) is 3.72. The summed E-state index contributed by atoms with van der Waals surface area (Å²) >= 11 is 1.56. The average Bonchev–Trinajstić information content (AvgIpc) is 2.65. The van der Waals surface area contributed by atoms with Gasteiger partial charge in [0.15, 0.2) is 0 Å². The van der Waals surface area contributed by atoms with Crippen LogP contribution in [-0.4, -0.2) is 45.9 Å². The maximum Gasteiger partial charge on any atom is 0.306 e. The first-order valence-corrected chi connectivity index (χ1v) is 11.9. The molecule has 6 heteroatoms. The molecule has 0 aromatic rings. The number of aliphatic hydroxyl groups is 1. The molecule has 0 saturated heterocycles. The van der Waals surface area contributed by atoms with Crippen LogP contribution in [0.15, 0.2) is 11.6 Å². The van der Waals surface area contributed by atoms with Crippen molar-refractivity contribution < 1.29 is 24.5 Å². The number of esters is 1. The van der Waals surface area contributed by atoms with E-state index in [9.17, 15) is 14.7 Å². The smallest absolute Gasteiger partial charge is 0.306 e. The summed E-state index contributed by atoms with van der Waals surface area (Å²) in [4.78, 5) is 22.7. The molecule has 3 atom stereocenters. The molecule has 1 aliphatic carbocycles. The Morgan fingerprint density at radius 2 is 1.89 bits per heavy atom. The molecular formula is C22H38O5S. The van der Waals surface area contributed by atoms with Crippen molar-refractivity contribution in [3.63, 3.8) is 0 Å². The Balaban J connectivity index is 2.58. The third-order valence-corrected chi connectivity index (χ3v) is 6.65. The number of allylic oxidation sites excluding steroid dienone is 1. The molecule has 0 heterocycles. The van der Waals surface area contributed by atoms with E-state index in [2.05, 4.69) is 13.0 Å². The van der Waals surface area contributed by atoms with Gasteiger partial charge < -0.3 is 14.9 Å². The normalized spacial score (nSPS) is 23.7. The lowest BCUT2D eigenvalue weighted by Gasteiger charge is -2.36. The minimum Gasteiger partial charge on any atom is -0.481 e. The number of hydrogen-bond donors (Lipinski definition) is 2. The van der Waals surface area contributed by atoms with Crippen LogP contribution >= 0.6 is 11.8 Å². The van der Waals surface area contributed by atoms with Crippen molar-refractivity contribution in [2.24, 2.45) is 5.92 Å². The van der Waals surface area contributed by atoms with Crippen LogP contribution < -0.4 is 0 Å². The monoisotopic (exact) mass is 414 g/mol. The Hall–Kier alpha value is -1.01. The quantitative estimate of drug-likeness (QED) is 0.237. The van der Waals surface area contributed by atoms with Gasteiger partial charge in [-0.25, -0.2) is 0 Å². The summed E-state index contributed by atoms with van der Waals surface area (Å²) in [6, 6.07) is 0. The first kappa shape index (κ1) is 25.0. The molecule has 28 heavy (non-hydrogen) atoms. The standard InChI is InChI=1S/C22H38O5S/c1-3-5-6-7-8-9-10-11-17-12-13-18(16-19(23)24)21(26)22(17)28-15-14-20(25)27-4-2/h11,18,21-22,26H,3-10,12-16H2,1-2H3,(H,23,24)/b17-11+/t18-,21+,22-/m1/s1. The van der Waals surface area contributed by atoms with E-state index < -0.39 is 12.1 Å². The first-order chi connectivity index (χ1) is 13.5. The van der Waals surface area contributed by atoms with Crippen molar-refractivity contribution in [2.75, 3.05) is 12.4 Å². The van der Waals surface area contributed by atoms with Gasteiger partial charge in [0.2, 0.25) is 0 Å². The van der Waals surface area contributed by atoms with Crippen LogP contribution in [0.4, 0.5) is 0 Å². The number of unbranched alkanes of at least 4 members (excludes halogenated alkanes) is 6. The van der Waals surface area contributed by atoms with E-state index >= 15 is 0 Å². The fraction of sp³-hybridized carbons (Fsp3) is 0.818. The molecule has 1 saturated carbocycles. The van der Waals surface area contributed by atoms with Crippen LogP contribution in [0.3, 0.4) is 0 Å². The van der Waals surface area contributed by atoms with Gasteiger partial charge in [0.1, 0.15) is 0 Å². The van der Waals surface area contributed by atoms with E-state index in [1.807, 2.05) is 0 Å². The number of rotatable bonds is 14. The largest absolute Gasteiger partial charge is 0.481 e. The number of carbonyl (C=O) groups excluding carboxylic acids is 1. The molecule has 1 fully saturated rings. The third-order valence-electron chi connectivity index (χ3n) is 5.27. The van der Waals surface area contributed by atoms with Crippen molar-refractivity contribution in [1.29, 1.82) is 0 Å². The van der Waals surface area contributed by atoms with Gasteiger partial charge in [-0.2, -0.15) is 11.8 Å². The van der Waals surface area contributed by atoms with E-state index in [-0.39, 0.29) is 23.6 Å². The van der Waals surface area contributed by atoms with Crippen molar-refractivity contribution >= 4 is 23.7 Å². The second kappa shape index (κ2) is 14.9. The van der Waals surface area contributed by atoms with Gasteiger partial charge in [0.05, 0.1) is 30.8 Å². The van der Waals surface area contributed by atoms with E-state index in [0.29, 0.717) is 25.2 Å². The van der Waals surface area contributed by atoms with Gasteiger partial charge in [-0.05, 0) is 38.5 Å². The van der Waals surface area contributed by atoms with Gasteiger partial charge in [0.25, 0.3) is 0 Å². The Labute approximate surface area is 174 Å². The average molecular weight is 415 g/mol. The van der Waals surface area contributed by atoms with Crippen LogP contribution in [0.1, 0.15) is 84.5 Å². The van der Waals surface area contributed by atoms with Gasteiger partial charge in [-0.1, -0.05) is 50.7 Å². The highest BCUT2D eigenvalue weighted by Gasteiger charge is 2.36. The predicted octanol–water partition coefficient (Wildman–Crippen LogP) is 4.96. The van der Waals surface area contributed by atoms with Crippen molar-refractivity contribution in [2.45, 2.75) is 95.8 Å². The maximum atomic E-state index is 11.6. The molecule has 0 aliphatic heterocycles. The van der Waals surface area contributed by atoms with Crippen molar-refractivity contribution in [3.8, 4) is 0 Å². The summed E-state index contributed by atoms with van der Waals surface area (Å²) in [6.07, 6.45) is 12.0. The highest BCUT2D eigenvalue weighted by atomic mass is 32.2. The molecule has 0 radical (unpaired) electrons. The summed E-state index contributed by atoms with van der Waals surface area (Å²) in [5, 5.41) is 19.8. The van der Waals surface area contributed by atoms with Crippen LogP contribution in [-0.2, 0) is 14.3 Å². The summed E-state index contributed by atoms with van der Waals surface area (Å²) in [5.41, 5.74) is 1.22. The first-order valence-electron chi connectivity index (χ1n) is 10.9. The Morgan fingerprint density at radius 3 is 2.57 bits per heavy atom. The predicted molar refractivity (Wildman–Crippen MR) is 115 cm³/mol. The summed E-state index contributed by atoms with van der Waals surface area (Å²) in [5.74, 6) is -0.725. The lowest BCUT2D eigenvalue weighted by atomic mass is 9.80. The van der Waals surface area contributed by atoms with E-state index in [4.69, 9.17) is 9.84 Å². The third kappa shape index (κ3) is 9.97. The Bertz CT molecular complexity index is 491. The van der Waals surface area contributed by atoms with Crippen LogP contribution in [0.2, 0.25) is 0 Å². The summed E-state index contributed by atoms with van der Waals surface area (Å²) in [6.45, 7) is 4.38. The Kier molecular flexibility index (Phi) is 13.3. The number of carbonyl (C=O) groups is 2. The van der Waals surface area contributed by atoms with Crippen molar-refractivity contribution in [1.82, 2.24) is 0 Å². The van der Waals surface area contributed by atoms with Gasteiger partial charge in [-0.15, -0.1) is 0 Å². The van der Waals surface area contributed by atoms with Crippen LogP contribution in [0.25, 0.3) is 0 Å². The zero-order valence-corrected chi connectivity index (χ0v) is 18.3. The Morgan fingerprint density at radius 1 is 1.18 bits per heavy atom. The minimum absolute atomic E-state index is 0.000805. The number of thioether (sulfide) groups is 1. The topological polar surface area (TPSA) is 83.8 Å². The van der Waals surface area contributed by atoms with Gasteiger partial charge >= 0.3 is 11.9 Å². The number of ether oxygens (including phenoxy) is 1. The molecule has 1 rings (SSSR count). The molecule has 0 unspecified atom stereocenters. The molecule has 0 aromatic heterocycles. The molecule has 0 amide bonds. The second-order valence-electron chi connectivity index (χ2n) is 7.57.